The first-order valence-corrected chi connectivity index (χ1v) is 8.28. The average molecular weight is 398 g/mol. The molecule has 1 aliphatic rings. The summed E-state index contributed by atoms with van der Waals surface area (Å²) in [5.41, 5.74) is 7.14. The van der Waals surface area contributed by atoms with Crippen molar-refractivity contribution in [2.75, 3.05) is 17.6 Å². The molecule has 6 nitrogen and oxygen atoms in total. The summed E-state index contributed by atoms with van der Waals surface area (Å²) in [7, 11) is 0. The molecule has 0 aliphatic carbocycles. The number of anilines is 2. The van der Waals surface area contributed by atoms with Gasteiger partial charge in [-0.2, -0.15) is 13.2 Å². The maximum Gasteiger partial charge on any atom is 0.416 e. The molecule has 0 atom stereocenters. The van der Waals surface area contributed by atoms with Gasteiger partial charge in [-0.1, -0.05) is 11.6 Å². The monoisotopic (exact) mass is 397 g/mol. The minimum atomic E-state index is -4.51. The lowest BCUT2D eigenvalue weighted by Gasteiger charge is -2.30. The minimum Gasteiger partial charge on any atom is -0.383 e. The van der Waals surface area contributed by atoms with Crippen molar-refractivity contribution >= 4 is 35.4 Å². The second-order valence-electron chi connectivity index (χ2n) is 6.00. The van der Waals surface area contributed by atoms with Crippen molar-refractivity contribution in [2.45, 2.75) is 19.1 Å². The van der Waals surface area contributed by atoms with Crippen LogP contribution in [0.3, 0.4) is 0 Å². The predicted molar refractivity (Wildman–Crippen MR) is 96.1 cm³/mol. The number of fused-ring (bicyclic) bond motifs is 1. The summed E-state index contributed by atoms with van der Waals surface area (Å²) in [6.07, 6.45) is -1.33. The fourth-order valence-electron chi connectivity index (χ4n) is 2.91. The van der Waals surface area contributed by atoms with E-state index in [9.17, 15) is 18.0 Å². The second kappa shape index (κ2) is 7.07. The van der Waals surface area contributed by atoms with E-state index in [0.29, 0.717) is 18.5 Å². The summed E-state index contributed by atoms with van der Waals surface area (Å²) < 4.78 is 38.1. The second-order valence-corrected chi connectivity index (χ2v) is 6.41. The molecule has 10 heteroatoms. The largest absolute Gasteiger partial charge is 0.416 e. The van der Waals surface area contributed by atoms with Gasteiger partial charge in [-0.25, -0.2) is 9.78 Å². The number of pyridine rings is 1. The Hall–Kier alpha value is -2.81. The van der Waals surface area contributed by atoms with Crippen LogP contribution in [0, 0.1) is 5.41 Å². The zero-order chi connectivity index (χ0) is 19.8. The molecule has 1 aliphatic heterocycles. The number of nitrogens with zero attached hydrogens (tertiary/aromatic N) is 2. The Bertz CT molecular complexity index is 916. The highest BCUT2D eigenvalue weighted by molar-refractivity contribution is 6.33. The quantitative estimate of drug-likeness (QED) is 0.670. The molecule has 2 heterocycles. The lowest BCUT2D eigenvalue weighted by atomic mass is 9.97. The van der Waals surface area contributed by atoms with E-state index in [1.807, 2.05) is 0 Å². The maximum absolute atomic E-state index is 12.7. The lowest BCUT2D eigenvalue weighted by molar-refractivity contribution is -0.137. The fourth-order valence-corrected chi connectivity index (χ4v) is 3.13. The number of hydrogen-bond acceptors (Lipinski definition) is 4. The van der Waals surface area contributed by atoms with Crippen molar-refractivity contribution in [3.8, 4) is 0 Å². The van der Waals surface area contributed by atoms with E-state index in [1.54, 1.807) is 6.20 Å². The Kier molecular flexibility index (Phi) is 4.97. The summed E-state index contributed by atoms with van der Waals surface area (Å²) in [5.74, 6) is 0.262. The number of benzene rings is 1. The Balaban J connectivity index is 1.76. The van der Waals surface area contributed by atoms with Gasteiger partial charge in [0.1, 0.15) is 5.82 Å². The number of amides is 2. The molecule has 2 amide bonds. The third-order valence-corrected chi connectivity index (χ3v) is 4.62. The number of alkyl halides is 3. The summed E-state index contributed by atoms with van der Waals surface area (Å²) in [6.45, 7) is 0.606. The van der Waals surface area contributed by atoms with Crippen molar-refractivity contribution in [1.29, 1.82) is 5.41 Å². The van der Waals surface area contributed by atoms with Gasteiger partial charge >= 0.3 is 12.2 Å². The molecule has 0 saturated heterocycles. The van der Waals surface area contributed by atoms with Crippen LogP contribution < -0.4 is 11.1 Å². The highest BCUT2D eigenvalue weighted by Gasteiger charge is 2.31. The molecular weight excluding hydrogens is 383 g/mol. The summed E-state index contributed by atoms with van der Waals surface area (Å²) >= 11 is 5.87. The molecule has 3 rings (SSSR count). The first-order chi connectivity index (χ1) is 12.7. The summed E-state index contributed by atoms with van der Waals surface area (Å²) in [6, 6.07) is 2.26. The highest BCUT2D eigenvalue weighted by atomic mass is 35.5. The lowest BCUT2D eigenvalue weighted by Crippen LogP contribution is -2.39. The molecule has 4 N–H and O–H groups in total. The van der Waals surface area contributed by atoms with Gasteiger partial charge in [0.2, 0.25) is 0 Å². The molecule has 27 heavy (non-hydrogen) atoms. The normalized spacial score (nSPS) is 13.9. The smallest absolute Gasteiger partial charge is 0.383 e. The van der Waals surface area contributed by atoms with Gasteiger partial charge in [-0.3, -0.25) is 0 Å². The van der Waals surface area contributed by atoms with Gasteiger partial charge in [0.15, 0.2) is 0 Å². The molecule has 0 saturated carbocycles. The molecule has 0 spiro atoms. The van der Waals surface area contributed by atoms with Gasteiger partial charge in [0.05, 0.1) is 16.3 Å². The Morgan fingerprint density at radius 2 is 2.15 bits per heavy atom. The van der Waals surface area contributed by atoms with Crippen molar-refractivity contribution in [2.24, 2.45) is 0 Å². The first-order valence-electron chi connectivity index (χ1n) is 7.90. The summed E-state index contributed by atoms with van der Waals surface area (Å²) in [4.78, 5) is 18.0. The number of rotatable bonds is 2. The first kappa shape index (κ1) is 19.0. The number of nitrogens with two attached hydrogens (primary N) is 1. The minimum absolute atomic E-state index is 0.0936. The van der Waals surface area contributed by atoms with Gasteiger partial charge in [-0.15, -0.1) is 0 Å². The molecule has 2 aromatic rings. The number of halogens is 4. The zero-order valence-electron chi connectivity index (χ0n) is 13.9. The van der Waals surface area contributed by atoms with Crippen LogP contribution in [0.4, 0.5) is 29.5 Å². The number of carbonyl (C=O) groups is 1. The predicted octanol–water partition coefficient (Wildman–Crippen LogP) is 3.92. The van der Waals surface area contributed by atoms with E-state index >= 15 is 0 Å². The number of nitrogen functional groups attached to an aromatic ring is 1. The van der Waals surface area contributed by atoms with Crippen LogP contribution in [0.25, 0.3) is 0 Å². The third-order valence-electron chi connectivity index (χ3n) is 4.31. The van der Waals surface area contributed by atoms with Crippen LogP contribution >= 0.6 is 11.6 Å². The molecule has 0 fully saturated rings. The van der Waals surface area contributed by atoms with Crippen molar-refractivity contribution in [1.82, 2.24) is 9.88 Å². The molecule has 0 radical (unpaired) electrons. The third kappa shape index (κ3) is 3.82. The Morgan fingerprint density at radius 3 is 2.78 bits per heavy atom. The van der Waals surface area contributed by atoms with Gasteiger partial charge < -0.3 is 21.4 Å². The van der Waals surface area contributed by atoms with Crippen LogP contribution in [-0.2, 0) is 19.1 Å². The van der Waals surface area contributed by atoms with E-state index < -0.39 is 17.8 Å². The number of carbonyl (C=O) groups excluding carboxylic acids is 1. The number of urea groups is 1. The SMILES string of the molecule is N=Cc1c(N)ncc2c1CCN(C(=O)Nc1ccc(C(F)(F)F)cc1Cl)C2. The van der Waals surface area contributed by atoms with Crippen molar-refractivity contribution < 1.29 is 18.0 Å². The Morgan fingerprint density at radius 1 is 1.41 bits per heavy atom. The molecule has 0 unspecified atom stereocenters. The van der Waals surface area contributed by atoms with E-state index in [1.165, 1.54) is 4.90 Å². The van der Waals surface area contributed by atoms with Gasteiger partial charge in [0, 0.05) is 31.1 Å². The van der Waals surface area contributed by atoms with E-state index in [-0.39, 0.29) is 23.1 Å². The Labute approximate surface area is 157 Å². The molecule has 0 bridgehead atoms. The molecule has 1 aromatic heterocycles. The van der Waals surface area contributed by atoms with Crippen molar-refractivity contribution in [3.05, 3.63) is 51.7 Å². The average Bonchev–Trinajstić information content (AvgIpc) is 2.62. The molecule has 1 aromatic carbocycles. The van der Waals surface area contributed by atoms with Crippen LogP contribution in [-0.4, -0.2) is 28.7 Å². The number of aromatic nitrogens is 1. The number of hydrogen-bond donors (Lipinski definition) is 3. The standard InChI is InChI=1S/C17H15ClF3N5O/c18-13-5-10(17(19,20)21)1-2-14(13)25-16(27)26-4-3-11-9(8-26)7-24-15(23)12(11)6-22/h1-2,5-7,22H,3-4,8H2,(H2,23,24)(H,25,27). The van der Waals surface area contributed by atoms with Crippen LogP contribution in [0.2, 0.25) is 5.02 Å². The topological polar surface area (TPSA) is 95.1 Å². The van der Waals surface area contributed by atoms with Crippen LogP contribution in [0.15, 0.2) is 24.4 Å². The van der Waals surface area contributed by atoms with E-state index in [4.69, 9.17) is 22.7 Å². The van der Waals surface area contributed by atoms with Crippen LogP contribution in [0.1, 0.15) is 22.3 Å². The van der Waals surface area contributed by atoms with Crippen LogP contribution in [0.5, 0.6) is 0 Å². The zero-order valence-corrected chi connectivity index (χ0v) is 14.7. The highest BCUT2D eigenvalue weighted by Crippen LogP contribution is 2.34. The molecule has 142 valence electrons. The summed E-state index contributed by atoms with van der Waals surface area (Å²) in [5, 5.41) is 9.79. The molecular formula is C17H15ClF3N5O. The number of nitrogens with one attached hydrogen (secondary N) is 2. The maximum atomic E-state index is 12.7. The van der Waals surface area contributed by atoms with E-state index in [0.717, 1.165) is 35.5 Å². The van der Waals surface area contributed by atoms with Crippen molar-refractivity contribution in [3.63, 3.8) is 0 Å². The van der Waals surface area contributed by atoms with Gasteiger partial charge in [-0.05, 0) is 35.7 Å². The van der Waals surface area contributed by atoms with E-state index in [2.05, 4.69) is 10.3 Å². The van der Waals surface area contributed by atoms with Gasteiger partial charge in [0.25, 0.3) is 0 Å². The fraction of sp³-hybridized carbons (Fsp3) is 0.235.